The van der Waals surface area contributed by atoms with Gasteiger partial charge in [-0.1, -0.05) is 18.6 Å². The maximum atomic E-state index is 10.0. The first kappa shape index (κ1) is 10.2. The molecule has 1 aliphatic rings. The molecule has 3 heteroatoms. The zero-order valence-electron chi connectivity index (χ0n) is 9.10. The van der Waals surface area contributed by atoms with Crippen LogP contribution in [0.15, 0.2) is 24.3 Å². The molecule has 1 heterocycles. The van der Waals surface area contributed by atoms with Crippen LogP contribution in [0.1, 0.15) is 24.3 Å². The minimum absolute atomic E-state index is 0.186. The van der Waals surface area contributed by atoms with Crippen molar-refractivity contribution in [3.05, 3.63) is 29.3 Å². The topological polar surface area (TPSA) is 33.1 Å². The molecule has 84 valence electrons. The number of thiazole rings is 1. The van der Waals surface area contributed by atoms with Crippen LogP contribution in [0.5, 0.6) is 0 Å². The summed E-state index contributed by atoms with van der Waals surface area (Å²) in [5.74, 6) is 0.520. The second-order valence-corrected chi connectivity index (χ2v) is 5.65. The van der Waals surface area contributed by atoms with E-state index in [2.05, 4.69) is 11.1 Å². The van der Waals surface area contributed by atoms with Crippen molar-refractivity contribution in [1.82, 2.24) is 4.98 Å². The third-order valence-corrected chi connectivity index (χ3v) is 4.47. The van der Waals surface area contributed by atoms with Gasteiger partial charge in [0.2, 0.25) is 0 Å². The van der Waals surface area contributed by atoms with Crippen molar-refractivity contribution in [2.45, 2.75) is 31.8 Å². The van der Waals surface area contributed by atoms with E-state index >= 15 is 0 Å². The first-order chi connectivity index (χ1) is 7.83. The molecule has 0 amide bonds. The fraction of sp³-hybridized carbons (Fsp3) is 0.462. The summed E-state index contributed by atoms with van der Waals surface area (Å²) in [6.45, 7) is 0. The van der Waals surface area contributed by atoms with Gasteiger partial charge in [-0.25, -0.2) is 4.98 Å². The molecule has 0 bridgehead atoms. The number of fused-ring (bicyclic) bond motifs is 1. The lowest BCUT2D eigenvalue weighted by molar-refractivity contribution is 0.0630. The summed E-state index contributed by atoms with van der Waals surface area (Å²) in [6.07, 6.45) is 4.19. The van der Waals surface area contributed by atoms with E-state index in [9.17, 15) is 5.11 Å². The van der Waals surface area contributed by atoms with Crippen molar-refractivity contribution in [1.29, 1.82) is 0 Å². The summed E-state index contributed by atoms with van der Waals surface area (Å²) in [7, 11) is 0. The molecule has 2 nitrogen and oxygen atoms in total. The number of rotatable bonds is 3. The first-order valence-electron chi connectivity index (χ1n) is 5.85. The molecule has 3 rings (SSSR count). The molecule has 1 aliphatic carbocycles. The normalized spacial score (nSPS) is 18.6. The van der Waals surface area contributed by atoms with E-state index in [1.807, 2.05) is 18.2 Å². The lowest BCUT2D eigenvalue weighted by Crippen LogP contribution is -2.28. The molecule has 1 unspecified atom stereocenters. The van der Waals surface area contributed by atoms with E-state index in [4.69, 9.17) is 0 Å². The van der Waals surface area contributed by atoms with E-state index in [1.165, 1.54) is 24.0 Å². The monoisotopic (exact) mass is 233 g/mol. The van der Waals surface area contributed by atoms with E-state index in [-0.39, 0.29) is 6.10 Å². The third kappa shape index (κ3) is 1.85. The second-order valence-electron chi connectivity index (χ2n) is 4.54. The quantitative estimate of drug-likeness (QED) is 0.884. The summed E-state index contributed by atoms with van der Waals surface area (Å²) in [5.41, 5.74) is 1.06. The lowest BCUT2D eigenvalue weighted by Gasteiger charge is -2.29. The van der Waals surface area contributed by atoms with Gasteiger partial charge >= 0.3 is 0 Å². The van der Waals surface area contributed by atoms with Crippen molar-refractivity contribution in [2.24, 2.45) is 5.92 Å². The average molecular weight is 233 g/mol. The number of aliphatic hydroxyl groups is 1. The smallest absolute Gasteiger partial charge is 0.0964 e. The molecule has 1 N–H and O–H groups in total. The molecular formula is C13H15NOS. The molecule has 1 saturated carbocycles. The zero-order valence-corrected chi connectivity index (χ0v) is 9.91. The standard InChI is InChI=1S/C13H15NOS/c15-11(9-4-3-5-9)8-13-14-10-6-1-2-7-12(10)16-13/h1-2,6-7,9,11,15H,3-5,8H2. The maximum absolute atomic E-state index is 10.0. The average Bonchev–Trinajstić information content (AvgIpc) is 2.56. The van der Waals surface area contributed by atoms with Gasteiger partial charge in [0, 0.05) is 6.42 Å². The predicted octanol–water partition coefficient (Wildman–Crippen LogP) is 3.00. The molecule has 1 atom stereocenters. The Morgan fingerprint density at radius 1 is 1.38 bits per heavy atom. The van der Waals surface area contributed by atoms with Crippen LogP contribution in [-0.2, 0) is 6.42 Å². The maximum Gasteiger partial charge on any atom is 0.0964 e. The van der Waals surface area contributed by atoms with Crippen molar-refractivity contribution in [3.8, 4) is 0 Å². The Hall–Kier alpha value is -0.930. The van der Waals surface area contributed by atoms with E-state index in [0.29, 0.717) is 5.92 Å². The number of aromatic nitrogens is 1. The van der Waals surface area contributed by atoms with Crippen LogP contribution >= 0.6 is 11.3 Å². The molecule has 1 fully saturated rings. The fourth-order valence-electron chi connectivity index (χ4n) is 2.18. The van der Waals surface area contributed by atoms with Crippen LogP contribution in [0.4, 0.5) is 0 Å². The molecular weight excluding hydrogens is 218 g/mol. The first-order valence-corrected chi connectivity index (χ1v) is 6.67. The van der Waals surface area contributed by atoms with Crippen molar-refractivity contribution in [3.63, 3.8) is 0 Å². The highest BCUT2D eigenvalue weighted by molar-refractivity contribution is 7.18. The number of nitrogens with zero attached hydrogens (tertiary/aromatic N) is 1. The highest BCUT2D eigenvalue weighted by atomic mass is 32.1. The van der Waals surface area contributed by atoms with Gasteiger partial charge in [-0.15, -0.1) is 11.3 Å². The van der Waals surface area contributed by atoms with Gasteiger partial charge in [-0.3, -0.25) is 0 Å². The molecule has 1 aromatic carbocycles. The Balaban J connectivity index is 1.78. The van der Waals surface area contributed by atoms with E-state index in [0.717, 1.165) is 16.9 Å². The Morgan fingerprint density at radius 2 is 2.19 bits per heavy atom. The molecule has 0 spiro atoms. The summed E-state index contributed by atoms with van der Waals surface area (Å²) < 4.78 is 1.22. The Kier molecular flexibility index (Phi) is 2.65. The minimum Gasteiger partial charge on any atom is -0.392 e. The van der Waals surface area contributed by atoms with Crippen LogP contribution in [0.2, 0.25) is 0 Å². The SMILES string of the molecule is OC(Cc1nc2ccccc2s1)C1CCC1. The summed E-state index contributed by atoms with van der Waals surface area (Å²) in [6, 6.07) is 8.16. The summed E-state index contributed by atoms with van der Waals surface area (Å²) in [5, 5.41) is 11.1. The highest BCUT2D eigenvalue weighted by Crippen LogP contribution is 2.32. The predicted molar refractivity (Wildman–Crippen MR) is 66.7 cm³/mol. The molecule has 2 aromatic rings. The fourth-order valence-corrected chi connectivity index (χ4v) is 3.19. The zero-order chi connectivity index (χ0) is 11.0. The number of hydrogen-bond donors (Lipinski definition) is 1. The third-order valence-electron chi connectivity index (χ3n) is 3.42. The summed E-state index contributed by atoms with van der Waals surface area (Å²) >= 11 is 1.71. The van der Waals surface area contributed by atoms with Gasteiger partial charge in [0.05, 0.1) is 21.3 Å². The van der Waals surface area contributed by atoms with Gasteiger partial charge in [-0.05, 0) is 30.9 Å². The molecule has 0 saturated heterocycles. The Bertz CT molecular complexity index is 456. The number of benzene rings is 1. The largest absolute Gasteiger partial charge is 0.392 e. The van der Waals surface area contributed by atoms with Crippen LogP contribution in [0, 0.1) is 5.92 Å². The molecule has 1 aromatic heterocycles. The van der Waals surface area contributed by atoms with E-state index in [1.54, 1.807) is 11.3 Å². The van der Waals surface area contributed by atoms with Gasteiger partial charge in [0.1, 0.15) is 0 Å². The molecule has 0 aliphatic heterocycles. The number of para-hydroxylation sites is 1. The Morgan fingerprint density at radius 3 is 2.88 bits per heavy atom. The number of aliphatic hydroxyl groups excluding tert-OH is 1. The van der Waals surface area contributed by atoms with Crippen LogP contribution in [0.3, 0.4) is 0 Å². The van der Waals surface area contributed by atoms with Crippen LogP contribution in [-0.4, -0.2) is 16.2 Å². The van der Waals surface area contributed by atoms with Crippen LogP contribution in [0.25, 0.3) is 10.2 Å². The van der Waals surface area contributed by atoms with Gasteiger partial charge in [-0.2, -0.15) is 0 Å². The Labute approximate surface area is 99.0 Å². The lowest BCUT2D eigenvalue weighted by atomic mass is 9.80. The molecule has 0 radical (unpaired) electrons. The van der Waals surface area contributed by atoms with E-state index < -0.39 is 0 Å². The van der Waals surface area contributed by atoms with Crippen molar-refractivity contribution >= 4 is 21.6 Å². The second kappa shape index (κ2) is 4.15. The number of hydrogen-bond acceptors (Lipinski definition) is 3. The van der Waals surface area contributed by atoms with Crippen molar-refractivity contribution < 1.29 is 5.11 Å². The van der Waals surface area contributed by atoms with Crippen molar-refractivity contribution in [2.75, 3.05) is 0 Å². The summed E-state index contributed by atoms with van der Waals surface area (Å²) in [4.78, 5) is 4.55. The van der Waals surface area contributed by atoms with Gasteiger partial charge < -0.3 is 5.11 Å². The van der Waals surface area contributed by atoms with Gasteiger partial charge in [0.25, 0.3) is 0 Å². The molecule has 16 heavy (non-hydrogen) atoms. The van der Waals surface area contributed by atoms with Gasteiger partial charge in [0.15, 0.2) is 0 Å². The highest BCUT2D eigenvalue weighted by Gasteiger charge is 2.26. The van der Waals surface area contributed by atoms with Crippen LogP contribution < -0.4 is 0 Å². The minimum atomic E-state index is -0.186.